The largest absolute Gasteiger partial charge is 0.294 e. The van der Waals surface area contributed by atoms with E-state index in [1.807, 2.05) is 0 Å². The molecule has 0 unspecified atom stereocenters. The van der Waals surface area contributed by atoms with E-state index in [-0.39, 0.29) is 5.78 Å². The fourth-order valence-corrected chi connectivity index (χ4v) is 1.54. The molecule has 0 aromatic carbocycles. The quantitative estimate of drug-likeness (QED) is 0.535. The molecule has 0 atom stereocenters. The molecule has 1 aliphatic rings. The second-order valence-electron chi connectivity index (χ2n) is 3.13. The first kappa shape index (κ1) is 7.52. The van der Waals surface area contributed by atoms with Crippen molar-refractivity contribution in [2.45, 2.75) is 32.6 Å². The number of hydrogen-bond donors (Lipinski definition) is 0. The highest BCUT2D eigenvalue weighted by Crippen LogP contribution is 2.26. The van der Waals surface area contributed by atoms with E-state index in [0.717, 1.165) is 18.4 Å². The molecular weight excluding hydrogens is 124 g/mol. The van der Waals surface area contributed by atoms with E-state index in [1.54, 1.807) is 6.92 Å². The van der Waals surface area contributed by atoms with Gasteiger partial charge in [-0.2, -0.15) is 0 Å². The molecule has 0 aliphatic heterocycles. The van der Waals surface area contributed by atoms with E-state index >= 15 is 0 Å². The highest BCUT2D eigenvalue weighted by Gasteiger charge is 2.22. The van der Waals surface area contributed by atoms with Crippen molar-refractivity contribution in [1.29, 1.82) is 0 Å². The van der Waals surface area contributed by atoms with Gasteiger partial charge in [0.25, 0.3) is 0 Å². The zero-order chi connectivity index (χ0) is 7.56. The summed E-state index contributed by atoms with van der Waals surface area (Å²) in [5.41, 5.74) is 0.729. The summed E-state index contributed by atoms with van der Waals surface area (Å²) in [6.45, 7) is 5.46. The molecule has 0 aromatic rings. The molecule has 0 saturated heterocycles. The van der Waals surface area contributed by atoms with Crippen LogP contribution in [0.1, 0.15) is 32.6 Å². The second kappa shape index (κ2) is 3.00. The molecule has 1 rings (SSSR count). The Morgan fingerprint density at radius 2 is 1.90 bits per heavy atom. The number of Topliss-reactive ketones (excluding diaryl/α,β-unsaturated/α-hetero) is 1. The lowest BCUT2D eigenvalue weighted by atomic mass is 9.98. The first-order chi connectivity index (χ1) is 4.72. The minimum Gasteiger partial charge on any atom is -0.294 e. The molecule has 0 spiro atoms. The summed E-state index contributed by atoms with van der Waals surface area (Å²) in [7, 11) is 0. The Bertz CT molecular complexity index is 152. The van der Waals surface area contributed by atoms with Gasteiger partial charge in [0.1, 0.15) is 0 Å². The fourth-order valence-electron chi connectivity index (χ4n) is 1.54. The van der Waals surface area contributed by atoms with Crippen LogP contribution in [-0.4, -0.2) is 5.78 Å². The molecule has 0 radical (unpaired) electrons. The average molecular weight is 138 g/mol. The molecule has 0 N–H and O–H groups in total. The molecule has 1 saturated carbocycles. The maximum absolute atomic E-state index is 11.2. The maximum atomic E-state index is 11.2. The van der Waals surface area contributed by atoms with Crippen LogP contribution in [0.3, 0.4) is 0 Å². The third-order valence-electron chi connectivity index (χ3n) is 2.15. The minimum absolute atomic E-state index is 0.289. The van der Waals surface area contributed by atoms with Gasteiger partial charge in [-0.15, -0.1) is 0 Å². The SMILES string of the molecule is C=C(C)C(=O)C1CCCC1. The number of ketones is 1. The van der Waals surface area contributed by atoms with Crippen LogP contribution in [-0.2, 0) is 4.79 Å². The zero-order valence-electron chi connectivity index (χ0n) is 6.52. The second-order valence-corrected chi connectivity index (χ2v) is 3.13. The third-order valence-corrected chi connectivity index (χ3v) is 2.15. The molecule has 0 heterocycles. The van der Waals surface area contributed by atoms with Crippen molar-refractivity contribution in [1.82, 2.24) is 0 Å². The Kier molecular flexibility index (Phi) is 2.25. The summed E-state index contributed by atoms with van der Waals surface area (Å²) in [5.74, 6) is 0.606. The fraction of sp³-hybridized carbons (Fsp3) is 0.667. The van der Waals surface area contributed by atoms with Gasteiger partial charge in [-0.1, -0.05) is 19.4 Å². The van der Waals surface area contributed by atoms with Crippen molar-refractivity contribution in [2.75, 3.05) is 0 Å². The number of carbonyl (C=O) groups is 1. The van der Waals surface area contributed by atoms with Gasteiger partial charge in [-0.25, -0.2) is 0 Å². The summed E-state index contributed by atoms with van der Waals surface area (Å²) in [5, 5.41) is 0. The Hall–Kier alpha value is -0.590. The maximum Gasteiger partial charge on any atom is 0.161 e. The van der Waals surface area contributed by atoms with Crippen molar-refractivity contribution in [3.63, 3.8) is 0 Å². The van der Waals surface area contributed by atoms with Crippen LogP contribution < -0.4 is 0 Å². The number of carbonyl (C=O) groups excluding carboxylic acids is 1. The summed E-state index contributed by atoms with van der Waals surface area (Å²) < 4.78 is 0. The van der Waals surface area contributed by atoms with E-state index in [9.17, 15) is 4.79 Å². The molecule has 0 amide bonds. The number of rotatable bonds is 2. The number of hydrogen-bond acceptors (Lipinski definition) is 1. The molecule has 10 heavy (non-hydrogen) atoms. The monoisotopic (exact) mass is 138 g/mol. The topological polar surface area (TPSA) is 17.1 Å². The standard InChI is InChI=1S/C9H14O/c1-7(2)9(10)8-5-3-4-6-8/h8H,1,3-6H2,2H3. The van der Waals surface area contributed by atoms with Crippen LogP contribution in [0.5, 0.6) is 0 Å². The Balaban J connectivity index is 2.48. The third kappa shape index (κ3) is 1.47. The van der Waals surface area contributed by atoms with Crippen LogP contribution >= 0.6 is 0 Å². The molecule has 0 aromatic heterocycles. The Morgan fingerprint density at radius 1 is 1.40 bits per heavy atom. The van der Waals surface area contributed by atoms with Gasteiger partial charge in [0.2, 0.25) is 0 Å². The summed E-state index contributed by atoms with van der Waals surface area (Å²) in [4.78, 5) is 11.2. The lowest BCUT2D eigenvalue weighted by molar-refractivity contribution is -0.118. The zero-order valence-corrected chi connectivity index (χ0v) is 6.52. The van der Waals surface area contributed by atoms with Gasteiger partial charge in [0.15, 0.2) is 5.78 Å². The van der Waals surface area contributed by atoms with Gasteiger partial charge in [0, 0.05) is 5.92 Å². The first-order valence-corrected chi connectivity index (χ1v) is 3.91. The van der Waals surface area contributed by atoms with Gasteiger partial charge < -0.3 is 0 Å². The Labute approximate surface area is 62.1 Å². The van der Waals surface area contributed by atoms with Gasteiger partial charge >= 0.3 is 0 Å². The van der Waals surface area contributed by atoms with Crippen LogP contribution in [0, 0.1) is 5.92 Å². The molecule has 1 nitrogen and oxygen atoms in total. The molecular formula is C9H14O. The summed E-state index contributed by atoms with van der Waals surface area (Å²) in [6, 6.07) is 0. The molecule has 1 heteroatoms. The van der Waals surface area contributed by atoms with Crippen molar-refractivity contribution in [3.8, 4) is 0 Å². The van der Waals surface area contributed by atoms with Crippen LogP contribution in [0.4, 0.5) is 0 Å². The van der Waals surface area contributed by atoms with E-state index < -0.39 is 0 Å². The van der Waals surface area contributed by atoms with Crippen molar-refractivity contribution >= 4 is 5.78 Å². The van der Waals surface area contributed by atoms with Gasteiger partial charge in [-0.3, -0.25) is 4.79 Å². The first-order valence-electron chi connectivity index (χ1n) is 3.91. The van der Waals surface area contributed by atoms with Crippen molar-refractivity contribution in [3.05, 3.63) is 12.2 Å². The molecule has 1 aliphatic carbocycles. The highest BCUT2D eigenvalue weighted by atomic mass is 16.1. The van der Waals surface area contributed by atoms with Crippen molar-refractivity contribution in [2.24, 2.45) is 5.92 Å². The summed E-state index contributed by atoms with van der Waals surface area (Å²) in [6.07, 6.45) is 4.63. The minimum atomic E-state index is 0.289. The average Bonchev–Trinajstić information content (AvgIpc) is 2.36. The van der Waals surface area contributed by atoms with E-state index in [0.29, 0.717) is 5.92 Å². The lowest BCUT2D eigenvalue weighted by Crippen LogP contribution is -2.10. The van der Waals surface area contributed by atoms with Crippen LogP contribution in [0.25, 0.3) is 0 Å². The molecule has 56 valence electrons. The molecule has 0 bridgehead atoms. The smallest absolute Gasteiger partial charge is 0.161 e. The Morgan fingerprint density at radius 3 is 2.30 bits per heavy atom. The lowest BCUT2D eigenvalue weighted by Gasteiger charge is -2.05. The predicted molar refractivity (Wildman–Crippen MR) is 41.8 cm³/mol. The predicted octanol–water partition coefficient (Wildman–Crippen LogP) is 2.32. The normalized spacial score (nSPS) is 19.3. The van der Waals surface area contributed by atoms with Crippen LogP contribution in [0.2, 0.25) is 0 Å². The van der Waals surface area contributed by atoms with Crippen LogP contribution in [0.15, 0.2) is 12.2 Å². The van der Waals surface area contributed by atoms with Crippen molar-refractivity contribution < 1.29 is 4.79 Å². The number of allylic oxidation sites excluding steroid dienone is 1. The van der Waals surface area contributed by atoms with E-state index in [4.69, 9.17) is 0 Å². The van der Waals surface area contributed by atoms with Gasteiger partial charge in [0.05, 0.1) is 0 Å². The van der Waals surface area contributed by atoms with E-state index in [2.05, 4.69) is 6.58 Å². The molecule has 1 fully saturated rings. The van der Waals surface area contributed by atoms with Gasteiger partial charge in [-0.05, 0) is 25.3 Å². The highest BCUT2D eigenvalue weighted by molar-refractivity contribution is 5.96. The summed E-state index contributed by atoms with van der Waals surface area (Å²) >= 11 is 0. The van der Waals surface area contributed by atoms with E-state index in [1.165, 1.54) is 12.8 Å².